The Bertz CT molecular complexity index is 453. The molecule has 4 heteroatoms. The van der Waals surface area contributed by atoms with E-state index in [-0.39, 0.29) is 11.8 Å². The van der Waals surface area contributed by atoms with Crippen LogP contribution in [0.15, 0.2) is 12.1 Å². The quantitative estimate of drug-likeness (QED) is 0.840. The van der Waals surface area contributed by atoms with Crippen LogP contribution < -0.4 is 15.4 Å². The van der Waals surface area contributed by atoms with Gasteiger partial charge in [-0.3, -0.25) is 4.79 Å². The Hall–Kier alpha value is -1.55. The van der Waals surface area contributed by atoms with Gasteiger partial charge in [0.1, 0.15) is 5.75 Å². The lowest BCUT2D eigenvalue weighted by Gasteiger charge is -2.26. The fourth-order valence-corrected chi connectivity index (χ4v) is 2.06. The molecule has 0 unspecified atom stereocenters. The van der Waals surface area contributed by atoms with Gasteiger partial charge in [0.25, 0.3) is 0 Å². The minimum absolute atomic E-state index is 0.140. The lowest BCUT2D eigenvalue weighted by atomic mass is 10.0. The van der Waals surface area contributed by atoms with Crippen molar-refractivity contribution >= 4 is 5.91 Å². The summed E-state index contributed by atoms with van der Waals surface area (Å²) in [7, 11) is 1.67. The lowest BCUT2D eigenvalue weighted by Crippen LogP contribution is -2.50. The van der Waals surface area contributed by atoms with E-state index in [1.54, 1.807) is 7.11 Å². The molecule has 2 N–H and O–H groups in total. The molecule has 0 saturated carbocycles. The maximum atomic E-state index is 11.7. The predicted octanol–water partition coefficient (Wildman–Crippen LogP) is 1.15. The number of nitrogens with one attached hydrogen (secondary N) is 2. The van der Waals surface area contributed by atoms with Crippen LogP contribution in [0.4, 0.5) is 0 Å². The van der Waals surface area contributed by atoms with E-state index >= 15 is 0 Å². The highest BCUT2D eigenvalue weighted by Crippen LogP contribution is 2.22. The molecular formula is C14H20N2O2. The van der Waals surface area contributed by atoms with Crippen LogP contribution in [0.1, 0.15) is 16.7 Å². The summed E-state index contributed by atoms with van der Waals surface area (Å²) in [5, 5.41) is 6.09. The molecule has 0 aliphatic carbocycles. The number of carbonyl (C=O) groups is 1. The van der Waals surface area contributed by atoms with Gasteiger partial charge < -0.3 is 15.4 Å². The molecule has 1 saturated heterocycles. The van der Waals surface area contributed by atoms with Crippen LogP contribution in [0.25, 0.3) is 0 Å². The van der Waals surface area contributed by atoms with Gasteiger partial charge in [-0.2, -0.15) is 0 Å². The summed E-state index contributed by atoms with van der Waals surface area (Å²) in [5.41, 5.74) is 3.39. The van der Waals surface area contributed by atoms with E-state index in [0.29, 0.717) is 6.54 Å². The minimum Gasteiger partial charge on any atom is -0.496 e. The maximum absolute atomic E-state index is 11.7. The van der Waals surface area contributed by atoms with Gasteiger partial charge in [0.05, 0.1) is 13.0 Å². The van der Waals surface area contributed by atoms with Crippen LogP contribution in [0.3, 0.4) is 0 Å². The molecule has 1 fully saturated rings. The topological polar surface area (TPSA) is 50.4 Å². The van der Waals surface area contributed by atoms with Crippen molar-refractivity contribution in [2.75, 3.05) is 20.2 Å². The molecule has 98 valence electrons. The number of aryl methyl sites for hydroxylation is 2. The van der Waals surface area contributed by atoms with Crippen molar-refractivity contribution in [3.8, 4) is 5.75 Å². The minimum atomic E-state index is 0.140. The van der Waals surface area contributed by atoms with Crippen LogP contribution in [-0.2, 0) is 11.3 Å². The average Bonchev–Trinajstić information content (AvgIpc) is 2.27. The van der Waals surface area contributed by atoms with Gasteiger partial charge in [0, 0.05) is 19.6 Å². The second-order valence-electron chi connectivity index (χ2n) is 4.82. The Morgan fingerprint density at radius 2 is 2.11 bits per heavy atom. The summed E-state index contributed by atoms with van der Waals surface area (Å²) in [6.07, 6.45) is 0. The van der Waals surface area contributed by atoms with Crippen molar-refractivity contribution in [1.82, 2.24) is 10.6 Å². The fourth-order valence-electron chi connectivity index (χ4n) is 2.06. The number of hydrogen-bond acceptors (Lipinski definition) is 3. The molecule has 1 amide bonds. The molecule has 0 atom stereocenters. The number of benzene rings is 1. The second kappa shape index (κ2) is 5.40. The van der Waals surface area contributed by atoms with Gasteiger partial charge >= 0.3 is 0 Å². The van der Waals surface area contributed by atoms with Crippen molar-refractivity contribution in [2.24, 2.45) is 5.92 Å². The standard InChI is InChI=1S/C14H20N2O2/c1-9-5-13(18-3)10(2)4-11(9)8-16-14(17)12-6-15-7-12/h4-5,12,15H,6-8H2,1-3H3,(H,16,17). The highest BCUT2D eigenvalue weighted by atomic mass is 16.5. The van der Waals surface area contributed by atoms with E-state index < -0.39 is 0 Å². The summed E-state index contributed by atoms with van der Waals surface area (Å²) in [4.78, 5) is 11.7. The Morgan fingerprint density at radius 3 is 2.67 bits per heavy atom. The molecule has 1 aliphatic rings. The van der Waals surface area contributed by atoms with Crippen LogP contribution >= 0.6 is 0 Å². The number of carbonyl (C=O) groups excluding carboxylic acids is 1. The van der Waals surface area contributed by atoms with Crippen molar-refractivity contribution < 1.29 is 9.53 Å². The molecule has 4 nitrogen and oxygen atoms in total. The number of methoxy groups -OCH3 is 1. The highest BCUT2D eigenvalue weighted by molar-refractivity contribution is 5.80. The SMILES string of the molecule is COc1cc(C)c(CNC(=O)C2CNC2)cc1C. The largest absolute Gasteiger partial charge is 0.496 e. The average molecular weight is 248 g/mol. The van der Waals surface area contributed by atoms with Crippen LogP contribution in [0.2, 0.25) is 0 Å². The summed E-state index contributed by atoms with van der Waals surface area (Å²) < 4.78 is 5.28. The normalized spacial score (nSPS) is 15.1. The third kappa shape index (κ3) is 2.64. The Kier molecular flexibility index (Phi) is 3.87. The highest BCUT2D eigenvalue weighted by Gasteiger charge is 2.24. The second-order valence-corrected chi connectivity index (χ2v) is 4.82. The summed E-state index contributed by atoms with van der Waals surface area (Å²) in [6.45, 7) is 6.23. The lowest BCUT2D eigenvalue weighted by molar-refractivity contribution is -0.126. The van der Waals surface area contributed by atoms with E-state index in [1.165, 1.54) is 0 Å². The summed E-state index contributed by atoms with van der Waals surface area (Å²) in [6, 6.07) is 4.09. The molecule has 0 spiro atoms. The van der Waals surface area contributed by atoms with Crippen LogP contribution in [0.5, 0.6) is 5.75 Å². The fraction of sp³-hybridized carbons (Fsp3) is 0.500. The van der Waals surface area contributed by atoms with Gasteiger partial charge in [-0.05, 0) is 36.6 Å². The van der Waals surface area contributed by atoms with Gasteiger partial charge in [-0.25, -0.2) is 0 Å². The third-order valence-electron chi connectivity index (χ3n) is 3.46. The number of rotatable bonds is 4. The van der Waals surface area contributed by atoms with Gasteiger partial charge in [0.15, 0.2) is 0 Å². The zero-order valence-electron chi connectivity index (χ0n) is 11.2. The van der Waals surface area contributed by atoms with E-state index in [0.717, 1.165) is 35.5 Å². The molecule has 0 bridgehead atoms. The van der Waals surface area contributed by atoms with Crippen molar-refractivity contribution in [3.63, 3.8) is 0 Å². The molecule has 2 rings (SSSR count). The molecule has 18 heavy (non-hydrogen) atoms. The smallest absolute Gasteiger partial charge is 0.225 e. The summed E-state index contributed by atoms with van der Waals surface area (Å²) >= 11 is 0. The molecule has 1 aromatic rings. The Balaban J connectivity index is 2.00. The molecular weight excluding hydrogens is 228 g/mol. The van der Waals surface area contributed by atoms with Gasteiger partial charge in [-0.15, -0.1) is 0 Å². The number of hydrogen-bond donors (Lipinski definition) is 2. The van der Waals surface area contributed by atoms with Gasteiger partial charge in [-0.1, -0.05) is 6.07 Å². The Labute approximate surface area is 108 Å². The van der Waals surface area contributed by atoms with Gasteiger partial charge in [0.2, 0.25) is 5.91 Å². The summed E-state index contributed by atoms with van der Waals surface area (Å²) in [5.74, 6) is 1.18. The monoisotopic (exact) mass is 248 g/mol. The first-order valence-corrected chi connectivity index (χ1v) is 6.24. The van der Waals surface area contributed by atoms with Crippen LogP contribution in [0, 0.1) is 19.8 Å². The van der Waals surface area contributed by atoms with E-state index in [1.807, 2.05) is 19.9 Å². The molecule has 1 heterocycles. The van der Waals surface area contributed by atoms with Crippen molar-refractivity contribution in [2.45, 2.75) is 20.4 Å². The molecule has 1 aromatic carbocycles. The van der Waals surface area contributed by atoms with Crippen LogP contribution in [-0.4, -0.2) is 26.1 Å². The number of amides is 1. The Morgan fingerprint density at radius 1 is 1.39 bits per heavy atom. The van der Waals surface area contributed by atoms with E-state index in [2.05, 4.69) is 16.7 Å². The van der Waals surface area contributed by atoms with E-state index in [4.69, 9.17) is 4.74 Å². The van der Waals surface area contributed by atoms with E-state index in [9.17, 15) is 4.79 Å². The number of ether oxygens (including phenoxy) is 1. The first-order valence-electron chi connectivity index (χ1n) is 6.24. The zero-order valence-corrected chi connectivity index (χ0v) is 11.2. The molecule has 1 aliphatic heterocycles. The maximum Gasteiger partial charge on any atom is 0.225 e. The molecule has 0 radical (unpaired) electrons. The molecule has 0 aromatic heterocycles. The first kappa shape index (κ1) is 12.9. The predicted molar refractivity (Wildman–Crippen MR) is 70.7 cm³/mol. The van der Waals surface area contributed by atoms with Crippen molar-refractivity contribution in [1.29, 1.82) is 0 Å². The van der Waals surface area contributed by atoms with Crippen molar-refractivity contribution in [3.05, 3.63) is 28.8 Å². The third-order valence-corrected chi connectivity index (χ3v) is 3.46. The zero-order chi connectivity index (χ0) is 13.1. The first-order chi connectivity index (χ1) is 8.61.